The lowest BCUT2D eigenvalue weighted by molar-refractivity contribution is -0.151. The van der Waals surface area contributed by atoms with Gasteiger partial charge in [0.1, 0.15) is 5.54 Å². The monoisotopic (exact) mass is 389 g/mol. The fourth-order valence-corrected chi connectivity index (χ4v) is 4.78. The summed E-state index contributed by atoms with van der Waals surface area (Å²) in [6.45, 7) is 5.34. The van der Waals surface area contributed by atoms with Crippen LogP contribution in [-0.2, 0) is 14.3 Å². The fourth-order valence-electron chi connectivity index (χ4n) is 4.78. The Morgan fingerprint density at radius 3 is 2.68 bits per heavy atom. The molecular weight excluding hydrogens is 358 g/mol. The van der Waals surface area contributed by atoms with E-state index in [-0.39, 0.29) is 23.9 Å². The van der Waals surface area contributed by atoms with Crippen LogP contribution in [0.3, 0.4) is 0 Å². The lowest BCUT2D eigenvalue weighted by Gasteiger charge is -2.36. The van der Waals surface area contributed by atoms with Crippen molar-refractivity contribution in [3.8, 4) is 0 Å². The number of amides is 1. The Bertz CT molecular complexity index is 690. The quantitative estimate of drug-likeness (QED) is 0.775. The minimum atomic E-state index is -1.06. The van der Waals surface area contributed by atoms with Crippen molar-refractivity contribution in [2.45, 2.75) is 57.2 Å². The molecule has 3 atom stereocenters. The second kappa shape index (κ2) is 8.57. The minimum absolute atomic E-state index is 0.0699. The molecule has 1 aromatic rings. The Morgan fingerprint density at radius 1 is 1.39 bits per heavy atom. The van der Waals surface area contributed by atoms with Gasteiger partial charge in [-0.3, -0.25) is 19.5 Å². The maximum absolute atomic E-state index is 13.2. The van der Waals surface area contributed by atoms with Crippen LogP contribution in [0.25, 0.3) is 0 Å². The van der Waals surface area contributed by atoms with Crippen LogP contribution in [0.1, 0.15) is 51.1 Å². The molecule has 1 aromatic heterocycles. The molecule has 0 spiro atoms. The number of aliphatic carboxylic acids is 1. The summed E-state index contributed by atoms with van der Waals surface area (Å²) in [6.07, 6.45) is 5.81. The highest BCUT2D eigenvalue weighted by Gasteiger charge is 2.57. The second-order valence-electron chi connectivity index (χ2n) is 8.48. The number of rotatable bonds is 6. The number of aromatic nitrogens is 1. The van der Waals surface area contributed by atoms with Gasteiger partial charge in [-0.1, -0.05) is 19.9 Å². The van der Waals surface area contributed by atoms with Gasteiger partial charge >= 0.3 is 5.97 Å². The molecule has 154 valence electrons. The molecule has 3 rings (SSSR count). The predicted molar refractivity (Wildman–Crippen MR) is 105 cm³/mol. The summed E-state index contributed by atoms with van der Waals surface area (Å²) in [5.41, 5.74) is -0.184. The first-order valence-corrected chi connectivity index (χ1v) is 10.1. The van der Waals surface area contributed by atoms with E-state index in [1.54, 1.807) is 12.4 Å². The summed E-state index contributed by atoms with van der Waals surface area (Å²) in [4.78, 5) is 31.7. The number of pyridine rings is 1. The molecule has 0 saturated carbocycles. The number of carbonyl (C=O) groups is 2. The molecule has 7 nitrogen and oxygen atoms in total. The molecule has 2 fully saturated rings. The van der Waals surface area contributed by atoms with Crippen LogP contribution >= 0.6 is 0 Å². The SMILES string of the molecule is CC(C)C[C@]1(C(=O)O)C[C@@H](C(=O)NC2CCOCC2)[C@@H](c2cccnc2)N1C. The molecule has 0 unspecified atom stereocenters. The molecule has 0 bridgehead atoms. The Kier molecular flexibility index (Phi) is 6.35. The van der Waals surface area contributed by atoms with Gasteiger partial charge in [-0.25, -0.2) is 0 Å². The molecule has 2 N–H and O–H groups in total. The Labute approximate surface area is 166 Å². The molecule has 2 aliphatic rings. The van der Waals surface area contributed by atoms with Gasteiger partial charge in [-0.15, -0.1) is 0 Å². The molecule has 0 aromatic carbocycles. The van der Waals surface area contributed by atoms with E-state index in [4.69, 9.17) is 4.74 Å². The number of hydrogen-bond acceptors (Lipinski definition) is 5. The Balaban J connectivity index is 1.92. The molecule has 2 saturated heterocycles. The van der Waals surface area contributed by atoms with Crippen LogP contribution in [0.5, 0.6) is 0 Å². The van der Waals surface area contributed by atoms with Gasteiger partial charge in [0.05, 0.1) is 5.92 Å². The molecule has 0 radical (unpaired) electrons. The van der Waals surface area contributed by atoms with Gasteiger partial charge in [0.2, 0.25) is 5.91 Å². The standard InChI is InChI=1S/C21H31N3O4/c1-14(2)11-21(20(26)27)12-17(19(25)23-16-6-9-28-10-7-16)18(24(21)3)15-5-4-8-22-13-15/h4-5,8,13-14,16-18H,6-7,9-12H2,1-3H3,(H,23,25)(H,26,27)/t17-,18-,21-/m1/s1. The van der Waals surface area contributed by atoms with Gasteiger partial charge in [-0.05, 0) is 50.3 Å². The first-order chi connectivity index (χ1) is 13.3. The van der Waals surface area contributed by atoms with Crippen molar-refractivity contribution in [1.29, 1.82) is 0 Å². The van der Waals surface area contributed by atoms with Gasteiger partial charge in [0.25, 0.3) is 0 Å². The number of ether oxygens (including phenoxy) is 1. The third-order valence-corrected chi connectivity index (χ3v) is 6.11. The smallest absolute Gasteiger partial charge is 0.324 e. The zero-order chi connectivity index (χ0) is 20.3. The third kappa shape index (κ3) is 4.05. The third-order valence-electron chi connectivity index (χ3n) is 6.11. The highest BCUT2D eigenvalue weighted by molar-refractivity contribution is 5.85. The number of carboxylic acid groups (broad SMARTS) is 1. The Hall–Kier alpha value is -1.99. The van der Waals surface area contributed by atoms with E-state index in [9.17, 15) is 14.7 Å². The van der Waals surface area contributed by atoms with E-state index in [0.29, 0.717) is 26.1 Å². The average molecular weight is 389 g/mol. The summed E-state index contributed by atoms with van der Waals surface area (Å²) < 4.78 is 5.38. The highest BCUT2D eigenvalue weighted by atomic mass is 16.5. The van der Waals surface area contributed by atoms with Crippen molar-refractivity contribution in [1.82, 2.24) is 15.2 Å². The van der Waals surface area contributed by atoms with Crippen molar-refractivity contribution in [3.05, 3.63) is 30.1 Å². The minimum Gasteiger partial charge on any atom is -0.480 e. The van der Waals surface area contributed by atoms with Crippen LogP contribution in [0.2, 0.25) is 0 Å². The predicted octanol–water partition coefficient (Wildman–Crippen LogP) is 2.24. The van der Waals surface area contributed by atoms with Crippen molar-refractivity contribution in [3.63, 3.8) is 0 Å². The first-order valence-electron chi connectivity index (χ1n) is 10.1. The first kappa shape index (κ1) is 20.7. The summed E-state index contributed by atoms with van der Waals surface area (Å²) >= 11 is 0. The van der Waals surface area contributed by atoms with Gasteiger partial charge in [0, 0.05) is 37.7 Å². The van der Waals surface area contributed by atoms with Gasteiger partial charge in [0.15, 0.2) is 0 Å². The van der Waals surface area contributed by atoms with E-state index in [1.807, 2.05) is 37.9 Å². The average Bonchev–Trinajstić information content (AvgIpc) is 2.96. The molecule has 7 heteroatoms. The second-order valence-corrected chi connectivity index (χ2v) is 8.48. The number of nitrogens with zero attached hydrogens (tertiary/aromatic N) is 2. The number of nitrogens with one attached hydrogen (secondary N) is 1. The van der Waals surface area contributed by atoms with Crippen LogP contribution < -0.4 is 5.32 Å². The normalized spacial score (nSPS) is 29.1. The molecule has 28 heavy (non-hydrogen) atoms. The molecular formula is C21H31N3O4. The van der Waals surface area contributed by atoms with Gasteiger partial charge in [-0.2, -0.15) is 0 Å². The number of likely N-dealkylation sites (N-methyl/N-ethyl adjacent to an activating group) is 1. The van der Waals surface area contributed by atoms with Crippen LogP contribution in [0.15, 0.2) is 24.5 Å². The zero-order valence-corrected chi connectivity index (χ0v) is 16.9. The van der Waals surface area contributed by atoms with E-state index < -0.39 is 17.4 Å². The van der Waals surface area contributed by atoms with E-state index >= 15 is 0 Å². The topological polar surface area (TPSA) is 91.8 Å². The van der Waals surface area contributed by atoms with Crippen molar-refractivity contribution in [2.75, 3.05) is 20.3 Å². The van der Waals surface area contributed by atoms with E-state index in [0.717, 1.165) is 18.4 Å². The number of carboxylic acids is 1. The van der Waals surface area contributed by atoms with Crippen LogP contribution in [0.4, 0.5) is 0 Å². The summed E-state index contributed by atoms with van der Waals surface area (Å²) in [5.74, 6) is -1.17. The fraction of sp³-hybridized carbons (Fsp3) is 0.667. The van der Waals surface area contributed by atoms with Crippen molar-refractivity contribution < 1.29 is 19.4 Å². The van der Waals surface area contributed by atoms with Crippen molar-refractivity contribution in [2.24, 2.45) is 11.8 Å². The van der Waals surface area contributed by atoms with E-state index in [2.05, 4.69) is 10.3 Å². The van der Waals surface area contributed by atoms with E-state index in [1.165, 1.54) is 0 Å². The van der Waals surface area contributed by atoms with Crippen LogP contribution in [0, 0.1) is 11.8 Å². The largest absolute Gasteiger partial charge is 0.480 e. The Morgan fingerprint density at radius 2 is 2.11 bits per heavy atom. The molecule has 2 aliphatic heterocycles. The zero-order valence-electron chi connectivity index (χ0n) is 16.9. The highest BCUT2D eigenvalue weighted by Crippen LogP contribution is 2.48. The molecule has 0 aliphatic carbocycles. The maximum atomic E-state index is 13.2. The van der Waals surface area contributed by atoms with Gasteiger partial charge < -0.3 is 15.2 Å². The van der Waals surface area contributed by atoms with Crippen molar-refractivity contribution >= 4 is 11.9 Å². The maximum Gasteiger partial charge on any atom is 0.324 e. The lowest BCUT2D eigenvalue weighted by Crippen LogP contribution is -2.50. The number of hydrogen-bond donors (Lipinski definition) is 2. The number of likely N-dealkylation sites (tertiary alicyclic amines) is 1. The molecule has 1 amide bonds. The van der Waals surface area contributed by atoms with Crippen LogP contribution in [-0.4, -0.2) is 58.7 Å². The molecule has 3 heterocycles. The summed E-state index contributed by atoms with van der Waals surface area (Å²) in [6, 6.07) is 3.53. The number of carbonyl (C=O) groups excluding carboxylic acids is 1. The lowest BCUT2D eigenvalue weighted by atomic mass is 9.83. The summed E-state index contributed by atoms with van der Waals surface area (Å²) in [5, 5.41) is 13.3. The summed E-state index contributed by atoms with van der Waals surface area (Å²) in [7, 11) is 1.83.